The van der Waals surface area contributed by atoms with Crippen LogP contribution in [0.1, 0.15) is 23.3 Å². The summed E-state index contributed by atoms with van der Waals surface area (Å²) >= 11 is 0. The third-order valence-corrected chi connectivity index (χ3v) is 3.14. The minimum atomic E-state index is -0.401. The number of carbonyl (C=O) groups excluding carboxylic acids is 2. The van der Waals surface area contributed by atoms with Crippen LogP contribution >= 0.6 is 0 Å². The first kappa shape index (κ1) is 13.3. The van der Waals surface area contributed by atoms with Crippen LogP contribution in [-0.2, 0) is 4.79 Å². The molecule has 1 aliphatic rings. The van der Waals surface area contributed by atoms with Gasteiger partial charge in [0.15, 0.2) is 0 Å². The van der Waals surface area contributed by atoms with Crippen LogP contribution in [0.2, 0.25) is 0 Å². The van der Waals surface area contributed by atoms with E-state index in [0.717, 1.165) is 25.9 Å². The van der Waals surface area contributed by atoms with Crippen LogP contribution in [0.25, 0.3) is 0 Å². The summed E-state index contributed by atoms with van der Waals surface area (Å²) in [5, 5.41) is 2.85. The maximum atomic E-state index is 11.8. The van der Waals surface area contributed by atoms with Gasteiger partial charge in [0.25, 0.3) is 5.91 Å². The number of H-pyrrole nitrogens is 2. The largest absolute Gasteiger partial charge is 0.369 e. The van der Waals surface area contributed by atoms with E-state index >= 15 is 0 Å². The van der Waals surface area contributed by atoms with E-state index in [1.165, 1.54) is 6.20 Å². The zero-order valence-electron chi connectivity index (χ0n) is 10.4. The smallest absolute Gasteiger partial charge is 0.323 e. The summed E-state index contributed by atoms with van der Waals surface area (Å²) in [5.41, 5.74) is 4.95. The number of hydrogen-bond donors (Lipinski definition) is 4. The number of likely N-dealkylation sites (tertiary alicyclic amines) is 1. The second-order valence-electron chi connectivity index (χ2n) is 4.65. The molecule has 0 spiro atoms. The van der Waals surface area contributed by atoms with Crippen molar-refractivity contribution in [1.82, 2.24) is 20.2 Å². The molecule has 0 radical (unpaired) electrons. The highest BCUT2D eigenvalue weighted by Gasteiger charge is 2.22. The van der Waals surface area contributed by atoms with E-state index in [1.807, 2.05) is 4.90 Å². The van der Waals surface area contributed by atoms with Gasteiger partial charge in [-0.3, -0.25) is 14.5 Å². The van der Waals surface area contributed by atoms with E-state index in [2.05, 4.69) is 15.3 Å². The monoisotopic (exact) mass is 267 g/mol. The molecule has 8 heteroatoms. The summed E-state index contributed by atoms with van der Waals surface area (Å²) < 4.78 is 0. The van der Waals surface area contributed by atoms with Crippen molar-refractivity contribution >= 4 is 11.8 Å². The first-order chi connectivity index (χ1) is 9.04. The van der Waals surface area contributed by atoms with Crippen molar-refractivity contribution in [3.8, 4) is 0 Å². The highest BCUT2D eigenvalue weighted by Crippen LogP contribution is 2.10. The van der Waals surface area contributed by atoms with Gasteiger partial charge in [-0.25, -0.2) is 4.79 Å². The van der Waals surface area contributed by atoms with Crippen LogP contribution in [0.15, 0.2) is 11.0 Å². The Labute approximate surface area is 109 Å². The van der Waals surface area contributed by atoms with E-state index in [1.54, 1.807) is 0 Å². The van der Waals surface area contributed by atoms with E-state index in [4.69, 9.17) is 5.73 Å². The lowest BCUT2D eigenvalue weighted by atomic mass is 10.0. The van der Waals surface area contributed by atoms with Crippen LogP contribution in [-0.4, -0.2) is 52.4 Å². The van der Waals surface area contributed by atoms with Gasteiger partial charge >= 0.3 is 5.69 Å². The third kappa shape index (κ3) is 3.68. The van der Waals surface area contributed by atoms with Crippen LogP contribution in [0.3, 0.4) is 0 Å². The molecule has 1 aliphatic heterocycles. The normalized spacial score (nSPS) is 17.3. The van der Waals surface area contributed by atoms with Gasteiger partial charge in [-0.1, -0.05) is 0 Å². The molecular formula is C11H17N5O3. The summed E-state index contributed by atoms with van der Waals surface area (Å²) in [6.45, 7) is 1.70. The highest BCUT2D eigenvalue weighted by atomic mass is 16.2. The number of piperidine rings is 1. The van der Waals surface area contributed by atoms with Crippen LogP contribution in [0, 0.1) is 0 Å². The quantitative estimate of drug-likeness (QED) is 0.523. The number of nitrogens with two attached hydrogens (primary N) is 1. The first-order valence-electron chi connectivity index (χ1n) is 6.14. The molecule has 0 atom stereocenters. The van der Waals surface area contributed by atoms with Crippen LogP contribution < -0.4 is 16.7 Å². The molecule has 2 rings (SSSR count). The average Bonchev–Trinajstić information content (AvgIpc) is 2.78. The number of aromatic amines is 2. The summed E-state index contributed by atoms with van der Waals surface area (Å²) in [4.78, 5) is 40.2. The van der Waals surface area contributed by atoms with Gasteiger partial charge in [0.05, 0.1) is 6.54 Å². The number of nitrogens with zero attached hydrogens (tertiary/aromatic N) is 1. The van der Waals surface area contributed by atoms with Gasteiger partial charge in [-0.15, -0.1) is 0 Å². The maximum Gasteiger partial charge on any atom is 0.323 e. The molecule has 8 nitrogen and oxygen atoms in total. The Bertz CT molecular complexity index is 512. The second-order valence-corrected chi connectivity index (χ2v) is 4.65. The maximum absolute atomic E-state index is 11.8. The van der Waals surface area contributed by atoms with Gasteiger partial charge < -0.3 is 21.0 Å². The van der Waals surface area contributed by atoms with Crippen molar-refractivity contribution in [3.05, 3.63) is 22.4 Å². The molecule has 2 heterocycles. The van der Waals surface area contributed by atoms with Crippen molar-refractivity contribution in [2.45, 2.75) is 18.9 Å². The molecule has 2 amide bonds. The van der Waals surface area contributed by atoms with Crippen LogP contribution in [0.5, 0.6) is 0 Å². The molecule has 5 N–H and O–H groups in total. The molecule has 19 heavy (non-hydrogen) atoms. The van der Waals surface area contributed by atoms with Crippen molar-refractivity contribution in [2.24, 2.45) is 5.73 Å². The molecule has 1 aromatic rings. The van der Waals surface area contributed by atoms with E-state index in [9.17, 15) is 14.4 Å². The summed E-state index contributed by atoms with van der Waals surface area (Å²) in [5.74, 6) is -0.640. The standard InChI is InChI=1S/C11H17N5O3/c12-9(17)6-16-3-1-7(2-4-16)14-10(18)8-5-13-11(19)15-8/h5,7H,1-4,6H2,(H2,12,17)(H,14,18)(H2,13,15,19). The number of imidazole rings is 1. The molecule has 0 aromatic carbocycles. The highest BCUT2D eigenvalue weighted by molar-refractivity contribution is 5.92. The predicted molar refractivity (Wildman–Crippen MR) is 67.5 cm³/mol. The van der Waals surface area contributed by atoms with E-state index in [-0.39, 0.29) is 30.1 Å². The molecule has 0 bridgehead atoms. The number of rotatable bonds is 4. The summed E-state index contributed by atoms with van der Waals surface area (Å²) in [7, 11) is 0. The van der Waals surface area contributed by atoms with Crippen molar-refractivity contribution in [3.63, 3.8) is 0 Å². The minimum absolute atomic E-state index is 0.0510. The SMILES string of the molecule is NC(=O)CN1CCC(NC(=O)c2c[nH]c(=O)[nH]2)CC1. The predicted octanol–water partition coefficient (Wildman–Crippen LogP) is -1.62. The van der Waals surface area contributed by atoms with Gasteiger partial charge in [0, 0.05) is 25.3 Å². The van der Waals surface area contributed by atoms with Gasteiger partial charge in [0.2, 0.25) is 5.91 Å². The number of primary amides is 1. The summed E-state index contributed by atoms with van der Waals surface area (Å²) in [6.07, 6.45) is 2.86. The Morgan fingerprint density at radius 1 is 1.42 bits per heavy atom. The van der Waals surface area contributed by atoms with Crippen molar-refractivity contribution < 1.29 is 9.59 Å². The Morgan fingerprint density at radius 3 is 2.63 bits per heavy atom. The van der Waals surface area contributed by atoms with Gasteiger partial charge in [0.1, 0.15) is 5.69 Å². The molecular weight excluding hydrogens is 250 g/mol. The number of nitrogens with one attached hydrogen (secondary N) is 3. The van der Waals surface area contributed by atoms with E-state index in [0.29, 0.717) is 0 Å². The first-order valence-corrected chi connectivity index (χ1v) is 6.14. The number of hydrogen-bond acceptors (Lipinski definition) is 4. The van der Waals surface area contributed by atoms with E-state index < -0.39 is 5.69 Å². The molecule has 0 saturated carbocycles. The van der Waals surface area contributed by atoms with Gasteiger partial charge in [-0.2, -0.15) is 0 Å². The second kappa shape index (κ2) is 5.70. The molecule has 1 saturated heterocycles. The zero-order valence-corrected chi connectivity index (χ0v) is 10.4. The molecule has 0 aliphatic carbocycles. The topological polar surface area (TPSA) is 124 Å². The molecule has 1 fully saturated rings. The third-order valence-electron chi connectivity index (χ3n) is 3.14. The minimum Gasteiger partial charge on any atom is -0.369 e. The Kier molecular flexibility index (Phi) is 4.00. The zero-order chi connectivity index (χ0) is 13.8. The fourth-order valence-electron chi connectivity index (χ4n) is 2.17. The lowest BCUT2D eigenvalue weighted by Crippen LogP contribution is -2.46. The van der Waals surface area contributed by atoms with Gasteiger partial charge in [-0.05, 0) is 12.8 Å². The Hall–Kier alpha value is -2.09. The number of aromatic nitrogens is 2. The fraction of sp³-hybridized carbons (Fsp3) is 0.545. The number of amides is 2. The fourth-order valence-corrected chi connectivity index (χ4v) is 2.17. The summed E-state index contributed by atoms with van der Waals surface area (Å²) in [6, 6.07) is 0.0510. The Morgan fingerprint density at radius 2 is 2.11 bits per heavy atom. The number of carbonyl (C=O) groups is 2. The molecule has 0 unspecified atom stereocenters. The average molecular weight is 267 g/mol. The Balaban J connectivity index is 1.81. The van der Waals surface area contributed by atoms with Crippen molar-refractivity contribution in [1.29, 1.82) is 0 Å². The lowest BCUT2D eigenvalue weighted by Gasteiger charge is -2.31. The molecule has 1 aromatic heterocycles. The molecule has 104 valence electrons. The van der Waals surface area contributed by atoms with Crippen molar-refractivity contribution in [2.75, 3.05) is 19.6 Å². The lowest BCUT2D eigenvalue weighted by molar-refractivity contribution is -0.119. The van der Waals surface area contributed by atoms with Crippen LogP contribution in [0.4, 0.5) is 0 Å².